The van der Waals surface area contributed by atoms with E-state index in [9.17, 15) is 0 Å². The number of aromatic nitrogens is 2. The molecule has 0 spiro atoms. The summed E-state index contributed by atoms with van der Waals surface area (Å²) in [4.78, 5) is 4.21. The van der Waals surface area contributed by atoms with Crippen molar-refractivity contribution in [3.05, 3.63) is 96.6 Å². The zero-order chi connectivity index (χ0) is 19.9. The number of nitrogens with zero attached hydrogens (tertiary/aromatic N) is 2. The smallest absolute Gasteiger partial charge is 0.0946 e. The molecule has 3 aromatic carbocycles. The second kappa shape index (κ2) is 9.66. The van der Waals surface area contributed by atoms with Crippen LogP contribution in [0, 0.1) is 0 Å². The van der Waals surface area contributed by atoms with Crippen LogP contribution in [0.25, 0.3) is 10.8 Å². The molecule has 1 atom stereocenters. The van der Waals surface area contributed by atoms with Crippen molar-refractivity contribution in [2.24, 2.45) is 0 Å². The van der Waals surface area contributed by atoms with Crippen LogP contribution in [-0.2, 0) is 19.4 Å². The minimum Gasteiger partial charge on any atom is -0.399 e. The van der Waals surface area contributed by atoms with Crippen molar-refractivity contribution in [1.82, 2.24) is 9.55 Å². The number of imidazole rings is 1. The lowest BCUT2D eigenvalue weighted by Gasteiger charge is -2.18. The first kappa shape index (κ1) is 19.6. The lowest BCUT2D eigenvalue weighted by Crippen LogP contribution is -2.14. The van der Waals surface area contributed by atoms with E-state index in [0.717, 1.165) is 37.2 Å². The van der Waals surface area contributed by atoms with Crippen molar-refractivity contribution in [1.29, 1.82) is 0 Å². The van der Waals surface area contributed by atoms with Gasteiger partial charge < -0.3 is 10.3 Å². The molecule has 3 nitrogen and oxygen atoms in total. The minimum atomic E-state index is 0.553. The second-order valence-electron chi connectivity index (χ2n) is 7.42. The molecule has 0 aliphatic heterocycles. The van der Waals surface area contributed by atoms with Gasteiger partial charge in [0, 0.05) is 29.9 Å². The summed E-state index contributed by atoms with van der Waals surface area (Å²) in [7, 11) is 0. The van der Waals surface area contributed by atoms with Crippen LogP contribution in [0.15, 0.2) is 85.5 Å². The van der Waals surface area contributed by atoms with E-state index in [1.165, 1.54) is 21.9 Å². The van der Waals surface area contributed by atoms with Crippen LogP contribution in [0.5, 0.6) is 0 Å². The number of rotatable bonds is 9. The molecule has 2 N–H and O–H groups in total. The van der Waals surface area contributed by atoms with Crippen LogP contribution in [0.3, 0.4) is 0 Å². The predicted octanol–water partition coefficient (Wildman–Crippen LogP) is 5.60. The van der Waals surface area contributed by atoms with Gasteiger partial charge >= 0.3 is 0 Å². The van der Waals surface area contributed by atoms with Crippen molar-refractivity contribution < 1.29 is 0 Å². The molecule has 4 aromatic rings. The number of hydrogen-bond acceptors (Lipinski definition) is 3. The fourth-order valence-electron chi connectivity index (χ4n) is 3.71. The first-order valence-corrected chi connectivity index (χ1v) is 11.2. The quantitative estimate of drug-likeness (QED) is 0.372. The van der Waals surface area contributed by atoms with Crippen molar-refractivity contribution in [2.45, 2.75) is 31.1 Å². The average Bonchev–Trinajstić information content (AvgIpc) is 3.26. The highest BCUT2D eigenvalue weighted by Crippen LogP contribution is 2.25. The Morgan fingerprint density at radius 1 is 0.931 bits per heavy atom. The Hall–Kier alpha value is -2.72. The van der Waals surface area contributed by atoms with Crippen LogP contribution in [-0.4, -0.2) is 20.6 Å². The summed E-state index contributed by atoms with van der Waals surface area (Å²) in [5, 5.41) is 3.26. The fraction of sp³-hybridized carbons (Fsp3) is 0.240. The van der Waals surface area contributed by atoms with Gasteiger partial charge in [0.15, 0.2) is 0 Å². The zero-order valence-corrected chi connectivity index (χ0v) is 17.4. The Kier molecular flexibility index (Phi) is 6.52. The van der Waals surface area contributed by atoms with Crippen molar-refractivity contribution in [3.63, 3.8) is 0 Å². The summed E-state index contributed by atoms with van der Waals surface area (Å²) in [5.41, 5.74) is 9.42. The van der Waals surface area contributed by atoms with Gasteiger partial charge in [-0.05, 0) is 59.0 Å². The standard InChI is InChI=1S/C25H27N3S/c26-23-11-8-20(9-12-23)14-17-29-24(18-28-16-15-27-19-28)13-10-22-6-3-5-21-4-1-2-7-25(21)22/h1-9,11-12,15-16,19,24H,10,13-14,17-18,26H2. The van der Waals surface area contributed by atoms with Crippen molar-refractivity contribution in [2.75, 3.05) is 11.5 Å². The third kappa shape index (κ3) is 5.42. The molecular formula is C25H27N3S. The number of benzene rings is 3. The molecule has 4 rings (SSSR count). The largest absolute Gasteiger partial charge is 0.399 e. The zero-order valence-electron chi connectivity index (χ0n) is 16.6. The van der Waals surface area contributed by atoms with Gasteiger partial charge in [0.05, 0.1) is 6.33 Å². The lowest BCUT2D eigenvalue weighted by atomic mass is 10.00. The Bertz CT molecular complexity index is 1020. The van der Waals surface area contributed by atoms with E-state index in [-0.39, 0.29) is 0 Å². The van der Waals surface area contributed by atoms with Gasteiger partial charge in [-0.2, -0.15) is 11.8 Å². The highest BCUT2D eigenvalue weighted by atomic mass is 32.2. The van der Waals surface area contributed by atoms with Gasteiger partial charge in [0.2, 0.25) is 0 Å². The normalized spacial score (nSPS) is 12.3. The maximum absolute atomic E-state index is 5.80. The SMILES string of the molecule is Nc1ccc(CCSC(CCc2cccc3ccccc23)Cn2ccnc2)cc1. The van der Waals surface area contributed by atoms with Crippen LogP contribution < -0.4 is 5.73 Å². The van der Waals surface area contributed by atoms with Gasteiger partial charge in [-0.25, -0.2) is 4.98 Å². The predicted molar refractivity (Wildman–Crippen MR) is 125 cm³/mol. The molecule has 0 saturated carbocycles. The van der Waals surface area contributed by atoms with Gasteiger partial charge in [-0.3, -0.25) is 0 Å². The van der Waals surface area contributed by atoms with Gasteiger partial charge in [-0.15, -0.1) is 0 Å². The molecule has 0 aliphatic carbocycles. The van der Waals surface area contributed by atoms with E-state index in [1.54, 1.807) is 0 Å². The fourth-order valence-corrected chi connectivity index (χ4v) is 4.96. The monoisotopic (exact) mass is 401 g/mol. The van der Waals surface area contributed by atoms with Gasteiger partial charge in [0.25, 0.3) is 0 Å². The number of thioether (sulfide) groups is 1. The second-order valence-corrected chi connectivity index (χ2v) is 8.83. The highest BCUT2D eigenvalue weighted by molar-refractivity contribution is 7.99. The minimum absolute atomic E-state index is 0.553. The molecule has 0 fully saturated rings. The number of hydrogen-bond donors (Lipinski definition) is 1. The van der Waals surface area contributed by atoms with E-state index in [1.807, 2.05) is 24.7 Å². The maximum Gasteiger partial charge on any atom is 0.0946 e. The number of fused-ring (bicyclic) bond motifs is 1. The Labute approximate surface area is 177 Å². The van der Waals surface area contributed by atoms with Crippen LogP contribution in [0.2, 0.25) is 0 Å². The summed E-state index contributed by atoms with van der Waals surface area (Å²) in [6.45, 7) is 0.997. The van der Waals surface area contributed by atoms with Gasteiger partial charge in [-0.1, -0.05) is 54.6 Å². The molecule has 4 heteroatoms. The van der Waals surface area contributed by atoms with E-state index in [0.29, 0.717) is 5.25 Å². The summed E-state index contributed by atoms with van der Waals surface area (Å²) in [6, 6.07) is 23.6. The number of aryl methyl sites for hydroxylation is 2. The third-order valence-corrected chi connectivity index (χ3v) is 6.61. The van der Waals surface area contributed by atoms with Gasteiger partial charge in [0.1, 0.15) is 0 Å². The van der Waals surface area contributed by atoms with Crippen molar-refractivity contribution >= 4 is 28.2 Å². The Morgan fingerprint density at radius 2 is 1.76 bits per heavy atom. The molecule has 1 aromatic heterocycles. The first-order valence-electron chi connectivity index (χ1n) is 10.2. The molecule has 0 amide bonds. The molecule has 1 unspecified atom stereocenters. The molecule has 0 bridgehead atoms. The Morgan fingerprint density at radius 3 is 2.59 bits per heavy atom. The van der Waals surface area contributed by atoms with E-state index in [2.05, 4.69) is 82.1 Å². The molecule has 0 aliphatic rings. The van der Waals surface area contributed by atoms with Crippen LogP contribution >= 0.6 is 11.8 Å². The number of anilines is 1. The van der Waals surface area contributed by atoms with Crippen LogP contribution in [0.4, 0.5) is 5.69 Å². The van der Waals surface area contributed by atoms with E-state index in [4.69, 9.17) is 5.73 Å². The van der Waals surface area contributed by atoms with E-state index >= 15 is 0 Å². The summed E-state index contributed by atoms with van der Waals surface area (Å²) in [6.07, 6.45) is 9.16. The number of nitrogens with two attached hydrogens (primary N) is 1. The molecule has 0 saturated heterocycles. The average molecular weight is 402 g/mol. The summed E-state index contributed by atoms with van der Waals surface area (Å²) in [5.74, 6) is 1.11. The molecular weight excluding hydrogens is 374 g/mol. The summed E-state index contributed by atoms with van der Waals surface area (Å²) >= 11 is 2.06. The maximum atomic E-state index is 5.80. The van der Waals surface area contributed by atoms with E-state index < -0.39 is 0 Å². The topological polar surface area (TPSA) is 43.8 Å². The molecule has 1 heterocycles. The molecule has 148 valence electrons. The Balaban J connectivity index is 1.40. The molecule has 29 heavy (non-hydrogen) atoms. The highest BCUT2D eigenvalue weighted by Gasteiger charge is 2.12. The first-order chi connectivity index (χ1) is 14.3. The lowest BCUT2D eigenvalue weighted by molar-refractivity contribution is 0.624. The third-order valence-electron chi connectivity index (χ3n) is 5.31. The summed E-state index contributed by atoms with van der Waals surface area (Å²) < 4.78 is 2.20. The van der Waals surface area contributed by atoms with Crippen LogP contribution in [0.1, 0.15) is 17.5 Å². The van der Waals surface area contributed by atoms with Crippen molar-refractivity contribution in [3.8, 4) is 0 Å². The molecule has 0 radical (unpaired) electrons. The number of nitrogen functional groups attached to an aromatic ring is 1.